The Kier molecular flexibility index (Phi) is 5.68. The molecule has 0 radical (unpaired) electrons. The Balaban J connectivity index is 2.48. The number of hydrogen-bond acceptors (Lipinski definition) is 5. The zero-order valence-corrected chi connectivity index (χ0v) is 12.5. The molecule has 0 fully saturated rings. The Hall–Kier alpha value is -0.740. The molecule has 7 nitrogen and oxygen atoms in total. The van der Waals surface area contributed by atoms with Crippen molar-refractivity contribution in [1.82, 2.24) is 14.4 Å². The number of hydrogen-bond donors (Lipinski definition) is 2. The zero-order chi connectivity index (χ0) is 14.5. The van der Waals surface area contributed by atoms with E-state index in [1.54, 1.807) is 0 Å². The summed E-state index contributed by atoms with van der Waals surface area (Å²) in [4.78, 5) is 3.70. The zero-order valence-electron chi connectivity index (χ0n) is 10.1. The lowest BCUT2D eigenvalue weighted by Gasteiger charge is -2.07. The number of rotatable bonds is 7. The van der Waals surface area contributed by atoms with Crippen LogP contribution in [0.3, 0.4) is 0 Å². The fourth-order valence-corrected chi connectivity index (χ4v) is 3.03. The fraction of sp³-hybridized carbons (Fsp3) is 0.444. The van der Waals surface area contributed by atoms with Crippen molar-refractivity contribution in [3.05, 3.63) is 23.5 Å². The summed E-state index contributed by atoms with van der Waals surface area (Å²) in [5.41, 5.74) is 0. The van der Waals surface area contributed by atoms with Gasteiger partial charge in [-0.2, -0.15) is 0 Å². The maximum absolute atomic E-state index is 11.8. The van der Waals surface area contributed by atoms with Gasteiger partial charge in [-0.3, -0.25) is 0 Å². The van der Waals surface area contributed by atoms with Gasteiger partial charge in [0.15, 0.2) is 0 Å². The molecule has 0 unspecified atom stereocenters. The third-order valence-electron chi connectivity index (χ3n) is 2.02. The Morgan fingerprint density at radius 1 is 1.21 bits per heavy atom. The van der Waals surface area contributed by atoms with E-state index in [9.17, 15) is 16.8 Å². The molecule has 1 rings (SSSR count). The minimum absolute atomic E-state index is 0.0172. The summed E-state index contributed by atoms with van der Waals surface area (Å²) in [5, 5.41) is 0.0848. The van der Waals surface area contributed by atoms with E-state index in [1.165, 1.54) is 18.3 Å². The van der Waals surface area contributed by atoms with Gasteiger partial charge in [0.1, 0.15) is 5.15 Å². The van der Waals surface area contributed by atoms with Crippen molar-refractivity contribution >= 4 is 31.6 Å². The van der Waals surface area contributed by atoms with Crippen molar-refractivity contribution in [1.29, 1.82) is 0 Å². The number of pyridine rings is 1. The van der Waals surface area contributed by atoms with Gasteiger partial charge in [-0.15, -0.1) is 0 Å². The van der Waals surface area contributed by atoms with Crippen LogP contribution in [0, 0.1) is 0 Å². The van der Waals surface area contributed by atoms with Gasteiger partial charge < -0.3 is 0 Å². The summed E-state index contributed by atoms with van der Waals surface area (Å²) >= 11 is 5.60. The van der Waals surface area contributed by atoms with Crippen LogP contribution < -0.4 is 9.44 Å². The van der Waals surface area contributed by atoms with Gasteiger partial charge in [-0.05, 0) is 18.6 Å². The van der Waals surface area contributed by atoms with Gasteiger partial charge in [0.05, 0.1) is 11.2 Å². The topological polar surface area (TPSA) is 105 Å². The quantitative estimate of drug-likeness (QED) is 0.539. The highest BCUT2D eigenvalue weighted by atomic mass is 35.5. The third kappa shape index (κ3) is 6.30. The molecule has 0 aliphatic rings. The number of aromatic nitrogens is 1. The van der Waals surface area contributed by atoms with Crippen molar-refractivity contribution in [2.24, 2.45) is 0 Å². The van der Waals surface area contributed by atoms with E-state index in [1.807, 2.05) is 0 Å². The molecular weight excluding hydrogens is 314 g/mol. The molecule has 2 N–H and O–H groups in total. The Labute approximate surface area is 117 Å². The normalized spacial score (nSPS) is 12.5. The summed E-state index contributed by atoms with van der Waals surface area (Å²) in [7, 11) is -6.90. The number of nitrogens with one attached hydrogen (secondary N) is 2. The molecule has 10 heteroatoms. The van der Waals surface area contributed by atoms with Crippen molar-refractivity contribution < 1.29 is 16.8 Å². The summed E-state index contributed by atoms with van der Waals surface area (Å²) in [6, 6.07) is 2.56. The SMILES string of the molecule is CS(=O)(=O)NCCCNS(=O)(=O)c1ccnc(Cl)c1. The molecule has 0 bridgehead atoms. The molecule has 1 aromatic rings. The minimum Gasteiger partial charge on any atom is -0.244 e. The molecule has 108 valence electrons. The molecule has 0 atom stereocenters. The van der Waals surface area contributed by atoms with Crippen LogP contribution in [0.1, 0.15) is 6.42 Å². The van der Waals surface area contributed by atoms with Crippen LogP contribution in [-0.4, -0.2) is 41.2 Å². The van der Waals surface area contributed by atoms with Crippen molar-refractivity contribution in [2.75, 3.05) is 19.3 Å². The maximum atomic E-state index is 11.8. The van der Waals surface area contributed by atoms with Crippen molar-refractivity contribution in [2.45, 2.75) is 11.3 Å². The van der Waals surface area contributed by atoms with E-state index in [0.29, 0.717) is 6.42 Å². The second-order valence-electron chi connectivity index (χ2n) is 3.73. The maximum Gasteiger partial charge on any atom is 0.240 e. The van der Waals surface area contributed by atoms with Crippen molar-refractivity contribution in [3.63, 3.8) is 0 Å². The van der Waals surface area contributed by atoms with E-state index in [0.717, 1.165) is 6.26 Å². The van der Waals surface area contributed by atoms with Crippen LogP contribution in [0.4, 0.5) is 0 Å². The van der Waals surface area contributed by atoms with Gasteiger partial charge in [-0.1, -0.05) is 11.6 Å². The number of nitrogens with zero attached hydrogens (tertiary/aromatic N) is 1. The Morgan fingerprint density at radius 3 is 2.42 bits per heavy atom. The van der Waals surface area contributed by atoms with Crippen molar-refractivity contribution in [3.8, 4) is 0 Å². The molecule has 0 saturated carbocycles. The molecule has 0 aliphatic carbocycles. The highest BCUT2D eigenvalue weighted by Gasteiger charge is 2.13. The van der Waals surface area contributed by atoms with Crippen LogP contribution in [-0.2, 0) is 20.0 Å². The highest BCUT2D eigenvalue weighted by molar-refractivity contribution is 7.89. The summed E-state index contributed by atoms with van der Waals surface area (Å²) in [6.07, 6.45) is 2.67. The average Bonchev–Trinajstić information content (AvgIpc) is 2.27. The third-order valence-corrected chi connectivity index (χ3v) is 4.41. The first-order valence-corrected chi connectivity index (χ1v) is 9.02. The second kappa shape index (κ2) is 6.62. The minimum atomic E-state index is -3.65. The van der Waals surface area contributed by atoms with Gasteiger partial charge in [0, 0.05) is 19.3 Å². The standard InChI is InChI=1S/C9H14ClN3O4S2/c1-18(14,15)12-4-2-5-13-19(16,17)8-3-6-11-9(10)7-8/h3,6-7,12-13H,2,4-5H2,1H3. The first kappa shape index (κ1) is 16.3. The van der Waals surface area contributed by atoms with E-state index in [2.05, 4.69) is 14.4 Å². The van der Waals surface area contributed by atoms with E-state index >= 15 is 0 Å². The van der Waals surface area contributed by atoms with Crippen LogP contribution in [0.15, 0.2) is 23.2 Å². The summed E-state index contributed by atoms with van der Waals surface area (Å²) in [5.74, 6) is 0. The van der Waals surface area contributed by atoms with Gasteiger partial charge in [0.2, 0.25) is 20.0 Å². The average molecular weight is 328 g/mol. The van der Waals surface area contributed by atoms with Gasteiger partial charge in [-0.25, -0.2) is 31.3 Å². The lowest BCUT2D eigenvalue weighted by Crippen LogP contribution is -2.29. The lowest BCUT2D eigenvalue weighted by atomic mass is 10.4. The molecular formula is C9H14ClN3O4S2. The molecule has 0 amide bonds. The molecule has 19 heavy (non-hydrogen) atoms. The molecule has 0 aliphatic heterocycles. The fourth-order valence-electron chi connectivity index (χ4n) is 1.19. The second-order valence-corrected chi connectivity index (χ2v) is 7.72. The lowest BCUT2D eigenvalue weighted by molar-refractivity contribution is 0.575. The van der Waals surface area contributed by atoms with Gasteiger partial charge >= 0.3 is 0 Å². The van der Waals surface area contributed by atoms with Crippen LogP contribution in [0.2, 0.25) is 5.15 Å². The van der Waals surface area contributed by atoms with Crippen LogP contribution in [0.25, 0.3) is 0 Å². The summed E-state index contributed by atoms with van der Waals surface area (Å²) < 4.78 is 49.8. The van der Waals surface area contributed by atoms with E-state index in [4.69, 9.17) is 11.6 Å². The predicted octanol–water partition coefficient (Wildman–Crippen LogP) is -0.0474. The largest absolute Gasteiger partial charge is 0.244 e. The molecule has 0 aromatic carbocycles. The molecule has 0 saturated heterocycles. The number of halogens is 1. The molecule has 0 spiro atoms. The van der Waals surface area contributed by atoms with Crippen LogP contribution in [0.5, 0.6) is 0 Å². The monoisotopic (exact) mass is 327 g/mol. The van der Waals surface area contributed by atoms with E-state index < -0.39 is 20.0 Å². The smallest absolute Gasteiger partial charge is 0.240 e. The van der Waals surface area contributed by atoms with E-state index in [-0.39, 0.29) is 23.1 Å². The molecule has 1 heterocycles. The summed E-state index contributed by atoms with van der Waals surface area (Å²) in [6.45, 7) is 0.281. The molecule has 1 aromatic heterocycles. The first-order valence-electron chi connectivity index (χ1n) is 5.26. The Bertz CT molecular complexity index is 631. The highest BCUT2D eigenvalue weighted by Crippen LogP contribution is 2.12. The predicted molar refractivity (Wildman–Crippen MR) is 71.9 cm³/mol. The number of sulfonamides is 2. The van der Waals surface area contributed by atoms with Crippen LogP contribution >= 0.6 is 11.6 Å². The first-order chi connectivity index (χ1) is 8.71. The Morgan fingerprint density at radius 2 is 1.84 bits per heavy atom. The van der Waals surface area contributed by atoms with Gasteiger partial charge in [0.25, 0.3) is 0 Å².